The third kappa shape index (κ3) is 5.94. The minimum atomic E-state index is 0.154. The highest BCUT2D eigenvalue weighted by Crippen LogP contribution is 2.40. The first-order valence-corrected chi connectivity index (χ1v) is 14.2. The van der Waals surface area contributed by atoms with Crippen molar-refractivity contribution >= 4 is 29.3 Å². The summed E-state index contributed by atoms with van der Waals surface area (Å²) in [6.45, 7) is 5.12. The van der Waals surface area contributed by atoms with Crippen LogP contribution in [0, 0.1) is 0 Å². The molecule has 6 rings (SSSR count). The summed E-state index contributed by atoms with van der Waals surface area (Å²) in [6, 6.07) is 50.0. The number of fused-ring (bicyclic) bond motifs is 1. The van der Waals surface area contributed by atoms with Crippen LogP contribution < -0.4 is 5.73 Å². The molecular formula is C40H36N2. The van der Waals surface area contributed by atoms with Gasteiger partial charge in [-0.25, -0.2) is 0 Å². The maximum Gasteiger partial charge on any atom is 0.0467 e. The van der Waals surface area contributed by atoms with Gasteiger partial charge in [-0.15, -0.1) is 0 Å². The maximum atomic E-state index is 6.51. The number of hydrogen-bond donors (Lipinski definition) is 1. The van der Waals surface area contributed by atoms with E-state index in [0.717, 1.165) is 22.4 Å². The number of hydrogen-bond acceptors (Lipinski definition) is 2. The zero-order chi connectivity index (χ0) is 29.3. The molecule has 0 spiro atoms. The molecule has 2 nitrogen and oxygen atoms in total. The van der Waals surface area contributed by atoms with Crippen LogP contribution in [-0.4, -0.2) is 13.8 Å². The fraction of sp³-hybridized carbons (Fsp3) is 0.0750. The summed E-state index contributed by atoms with van der Waals surface area (Å²) in [5, 5.41) is 2.54. The molecule has 42 heavy (non-hydrogen) atoms. The van der Waals surface area contributed by atoms with Gasteiger partial charge in [0.25, 0.3) is 0 Å². The lowest BCUT2D eigenvalue weighted by atomic mass is 9.81. The van der Waals surface area contributed by atoms with E-state index in [2.05, 4.69) is 157 Å². The molecule has 206 valence electrons. The normalized spacial score (nSPS) is 10.9. The predicted octanol–water partition coefficient (Wildman–Crippen LogP) is 10.3. The Balaban J connectivity index is 0.00000113. The summed E-state index contributed by atoms with van der Waals surface area (Å²) in [4.78, 5) is 3.25. The van der Waals surface area contributed by atoms with Crippen molar-refractivity contribution < 1.29 is 0 Å². The smallest absolute Gasteiger partial charge is 0.0467 e. The molecule has 0 saturated heterocycles. The second-order valence-electron chi connectivity index (χ2n) is 10.2. The third-order valence-electron chi connectivity index (χ3n) is 7.53. The van der Waals surface area contributed by atoms with Gasteiger partial charge in [-0.05, 0) is 63.4 Å². The third-order valence-corrected chi connectivity index (χ3v) is 7.53. The monoisotopic (exact) mass is 544 g/mol. The zero-order valence-corrected chi connectivity index (χ0v) is 24.2. The van der Waals surface area contributed by atoms with Gasteiger partial charge in [-0.3, -0.25) is 0 Å². The molecule has 0 saturated carbocycles. The second kappa shape index (κ2) is 13.4. The lowest BCUT2D eigenvalue weighted by molar-refractivity contribution is 0.989. The van der Waals surface area contributed by atoms with Gasteiger partial charge in [0.05, 0.1) is 0 Å². The SMILES string of the molecule is C/C=C\c1cccc(-c2ccc(-c3ccc(C(c4ccccc4)c4ccccc4)c4ccccc34)cc2)c1N.C=NC. The molecule has 0 aliphatic rings. The van der Waals surface area contributed by atoms with Gasteiger partial charge in [-0.1, -0.05) is 152 Å². The molecule has 0 amide bonds. The van der Waals surface area contributed by atoms with Gasteiger partial charge in [0, 0.05) is 24.2 Å². The van der Waals surface area contributed by atoms with Gasteiger partial charge >= 0.3 is 0 Å². The lowest BCUT2D eigenvalue weighted by Crippen LogP contribution is -2.04. The number of anilines is 1. The Kier molecular flexibility index (Phi) is 9.06. The molecule has 2 N–H and O–H groups in total. The van der Waals surface area contributed by atoms with Crippen LogP contribution in [0.15, 0.2) is 151 Å². The van der Waals surface area contributed by atoms with Gasteiger partial charge in [0.2, 0.25) is 0 Å². The molecule has 0 bridgehead atoms. The van der Waals surface area contributed by atoms with Crippen molar-refractivity contribution in [2.45, 2.75) is 12.8 Å². The van der Waals surface area contributed by atoms with Crippen molar-refractivity contribution in [2.75, 3.05) is 12.8 Å². The summed E-state index contributed by atoms with van der Waals surface area (Å²) < 4.78 is 0. The Morgan fingerprint density at radius 2 is 1.12 bits per heavy atom. The first kappa shape index (κ1) is 28.3. The quantitative estimate of drug-likeness (QED) is 0.126. The fourth-order valence-electron chi connectivity index (χ4n) is 5.66. The molecule has 0 aliphatic carbocycles. The average Bonchev–Trinajstić information content (AvgIpc) is 3.04. The molecule has 0 unspecified atom stereocenters. The highest BCUT2D eigenvalue weighted by Gasteiger charge is 2.20. The summed E-state index contributed by atoms with van der Waals surface area (Å²) >= 11 is 0. The van der Waals surface area contributed by atoms with E-state index in [1.807, 2.05) is 13.0 Å². The van der Waals surface area contributed by atoms with Crippen molar-refractivity contribution in [2.24, 2.45) is 4.99 Å². The Morgan fingerprint density at radius 3 is 1.69 bits per heavy atom. The first-order chi connectivity index (χ1) is 20.7. The standard InChI is InChI=1S/C38H31N.C2H5N/c1-2-12-31-17-11-20-33(38(31)39)28-23-21-27(22-24-28)32-25-26-36(35-19-10-9-18-34(32)35)37(29-13-5-3-6-14-29)30-15-7-4-8-16-30;1-3-2/h2-26,37H,39H2,1H3;1H2,2H3/b12-2-;. The molecule has 2 heteroatoms. The van der Waals surface area contributed by atoms with E-state index in [-0.39, 0.29) is 5.92 Å². The van der Waals surface area contributed by atoms with Gasteiger partial charge in [0.1, 0.15) is 0 Å². The van der Waals surface area contributed by atoms with E-state index >= 15 is 0 Å². The van der Waals surface area contributed by atoms with E-state index in [1.165, 1.54) is 38.6 Å². The van der Waals surface area contributed by atoms with Gasteiger partial charge in [-0.2, -0.15) is 0 Å². The van der Waals surface area contributed by atoms with E-state index in [9.17, 15) is 0 Å². The van der Waals surface area contributed by atoms with Crippen LogP contribution >= 0.6 is 0 Å². The maximum absolute atomic E-state index is 6.51. The van der Waals surface area contributed by atoms with Gasteiger partial charge < -0.3 is 10.7 Å². The van der Waals surface area contributed by atoms with Crippen molar-refractivity contribution in [3.63, 3.8) is 0 Å². The number of rotatable bonds is 6. The number of allylic oxidation sites excluding steroid dienone is 1. The molecule has 0 heterocycles. The van der Waals surface area contributed by atoms with Crippen molar-refractivity contribution in [3.05, 3.63) is 168 Å². The predicted molar refractivity (Wildman–Crippen MR) is 183 cm³/mol. The molecule has 0 aliphatic heterocycles. The molecular weight excluding hydrogens is 508 g/mol. The largest absolute Gasteiger partial charge is 0.398 e. The van der Waals surface area contributed by atoms with Crippen LogP contribution in [0.4, 0.5) is 5.69 Å². The molecule has 0 aromatic heterocycles. The minimum Gasteiger partial charge on any atom is -0.398 e. The van der Waals surface area contributed by atoms with Crippen molar-refractivity contribution in [1.29, 1.82) is 0 Å². The summed E-state index contributed by atoms with van der Waals surface area (Å²) in [5.74, 6) is 0.154. The Morgan fingerprint density at radius 1 is 0.595 bits per heavy atom. The van der Waals surface area contributed by atoms with E-state index in [4.69, 9.17) is 5.73 Å². The minimum absolute atomic E-state index is 0.154. The molecule has 6 aromatic carbocycles. The summed E-state index contributed by atoms with van der Waals surface area (Å²) in [6.07, 6.45) is 4.08. The highest BCUT2D eigenvalue weighted by molar-refractivity contribution is 5.99. The number of nitrogens with two attached hydrogens (primary N) is 1. The van der Waals surface area contributed by atoms with Crippen molar-refractivity contribution in [1.82, 2.24) is 0 Å². The zero-order valence-electron chi connectivity index (χ0n) is 24.2. The number of nitrogens with zero attached hydrogens (tertiary/aromatic N) is 1. The van der Waals surface area contributed by atoms with Crippen LogP contribution in [0.25, 0.3) is 39.1 Å². The Labute approximate surface area is 249 Å². The number of para-hydroxylation sites is 1. The molecule has 0 fully saturated rings. The topological polar surface area (TPSA) is 38.4 Å². The van der Waals surface area contributed by atoms with Crippen LogP contribution in [0.1, 0.15) is 35.1 Å². The number of nitrogen functional groups attached to an aromatic ring is 1. The van der Waals surface area contributed by atoms with Crippen LogP contribution in [0.2, 0.25) is 0 Å². The highest BCUT2D eigenvalue weighted by atomic mass is 14.6. The lowest BCUT2D eigenvalue weighted by Gasteiger charge is -2.22. The molecule has 6 aromatic rings. The summed E-state index contributed by atoms with van der Waals surface area (Å²) in [7, 11) is 1.64. The van der Waals surface area contributed by atoms with Crippen LogP contribution in [0.3, 0.4) is 0 Å². The Hall–Kier alpha value is -5.21. The van der Waals surface area contributed by atoms with Crippen LogP contribution in [0.5, 0.6) is 0 Å². The van der Waals surface area contributed by atoms with Crippen molar-refractivity contribution in [3.8, 4) is 22.3 Å². The van der Waals surface area contributed by atoms with E-state index in [1.54, 1.807) is 7.05 Å². The summed E-state index contributed by atoms with van der Waals surface area (Å²) in [5.41, 5.74) is 16.9. The van der Waals surface area contributed by atoms with E-state index < -0.39 is 0 Å². The first-order valence-electron chi connectivity index (χ1n) is 14.2. The van der Waals surface area contributed by atoms with E-state index in [0.29, 0.717) is 0 Å². The van der Waals surface area contributed by atoms with Crippen LogP contribution in [-0.2, 0) is 0 Å². The number of benzene rings is 6. The second-order valence-corrected chi connectivity index (χ2v) is 10.2. The average molecular weight is 545 g/mol. The fourth-order valence-corrected chi connectivity index (χ4v) is 5.66. The Bertz CT molecular complexity index is 1760. The molecule has 0 atom stereocenters. The number of aliphatic imine (C=N–C) groups is 1. The van der Waals surface area contributed by atoms with Gasteiger partial charge in [0.15, 0.2) is 0 Å². The molecule has 0 radical (unpaired) electrons.